The maximum absolute atomic E-state index is 3.10. The molecule has 1 saturated heterocycles. The molecule has 1 N–H and O–H groups in total. The monoisotopic (exact) mass is 97.1 g/mol. The van der Waals surface area contributed by atoms with Gasteiger partial charge in [0.25, 0.3) is 0 Å². The third-order valence-corrected chi connectivity index (χ3v) is 1.23. The van der Waals surface area contributed by atoms with Gasteiger partial charge < -0.3 is 5.32 Å². The van der Waals surface area contributed by atoms with Crippen LogP contribution in [0.5, 0.6) is 0 Å². The zero-order chi connectivity index (χ0) is 4.95. The van der Waals surface area contributed by atoms with Crippen LogP contribution in [0.4, 0.5) is 0 Å². The van der Waals surface area contributed by atoms with Crippen LogP contribution >= 0.6 is 0 Å². The molecule has 1 nitrogen and oxygen atoms in total. The molecule has 7 heavy (non-hydrogen) atoms. The predicted octanol–water partition coefficient (Wildman–Crippen LogP) is 1.19. The first-order valence-electron chi connectivity index (χ1n) is 2.96. The first-order valence-corrected chi connectivity index (χ1v) is 2.96. The largest absolute Gasteiger partial charge is 0.308 e. The van der Waals surface area contributed by atoms with Gasteiger partial charge in [0.05, 0.1) is 6.54 Å². The Hall–Kier alpha value is -0.0400. The molecule has 40 valence electrons. The van der Waals surface area contributed by atoms with E-state index in [0.29, 0.717) is 0 Å². The highest BCUT2D eigenvalue weighted by Crippen LogP contribution is 2.03. The van der Waals surface area contributed by atoms with E-state index < -0.39 is 0 Å². The van der Waals surface area contributed by atoms with E-state index in [1.165, 1.54) is 19.3 Å². The van der Waals surface area contributed by atoms with E-state index in [9.17, 15) is 0 Å². The van der Waals surface area contributed by atoms with Crippen molar-refractivity contribution in [1.82, 2.24) is 5.32 Å². The van der Waals surface area contributed by atoms with Gasteiger partial charge in [-0.2, -0.15) is 0 Å². The average molecular weight is 97.2 g/mol. The summed E-state index contributed by atoms with van der Waals surface area (Å²) in [6.07, 6.45) is 5.17. The molecule has 2 radical (unpaired) electrons. The van der Waals surface area contributed by atoms with Crippen LogP contribution in [0.3, 0.4) is 0 Å². The van der Waals surface area contributed by atoms with E-state index in [0.717, 1.165) is 13.0 Å². The molecule has 1 aliphatic heterocycles. The molecule has 0 aromatic carbocycles. The third-order valence-electron chi connectivity index (χ3n) is 1.23. The summed E-state index contributed by atoms with van der Waals surface area (Å²) in [5.41, 5.74) is 0. The molecule has 1 fully saturated rings. The topological polar surface area (TPSA) is 12.0 Å². The number of rotatable bonds is 0. The molecule has 1 aliphatic rings. The molecule has 1 heterocycles. The van der Waals surface area contributed by atoms with Crippen LogP contribution in [0.1, 0.15) is 25.7 Å². The third kappa shape index (κ3) is 1.93. The molecular formula is C6H11N. The van der Waals surface area contributed by atoms with Crippen molar-refractivity contribution in [1.29, 1.82) is 0 Å². The maximum atomic E-state index is 3.10. The van der Waals surface area contributed by atoms with Gasteiger partial charge in [0.1, 0.15) is 0 Å². The lowest BCUT2D eigenvalue weighted by molar-refractivity contribution is 0.721. The number of hydrogen-bond acceptors (Lipinski definition) is 1. The lowest BCUT2D eigenvalue weighted by Gasteiger charge is -1.90. The van der Waals surface area contributed by atoms with Crippen molar-refractivity contribution >= 4 is 0 Å². The minimum Gasteiger partial charge on any atom is -0.308 e. The molecule has 0 atom stereocenters. The fourth-order valence-corrected chi connectivity index (χ4v) is 0.780. The van der Waals surface area contributed by atoms with Gasteiger partial charge in [-0.25, -0.2) is 0 Å². The van der Waals surface area contributed by atoms with Crippen LogP contribution in [-0.2, 0) is 0 Å². The molecule has 0 unspecified atom stereocenters. The van der Waals surface area contributed by atoms with Crippen molar-refractivity contribution in [3.63, 3.8) is 0 Å². The van der Waals surface area contributed by atoms with E-state index in [-0.39, 0.29) is 0 Å². The van der Waals surface area contributed by atoms with Gasteiger partial charge in [0.15, 0.2) is 0 Å². The van der Waals surface area contributed by atoms with Crippen molar-refractivity contribution in [2.75, 3.05) is 6.54 Å². The lowest BCUT2D eigenvalue weighted by Crippen LogP contribution is -2.07. The Morgan fingerprint density at radius 2 is 2.14 bits per heavy atom. The molecule has 0 aliphatic carbocycles. The molecule has 0 saturated carbocycles. The van der Waals surface area contributed by atoms with Crippen molar-refractivity contribution in [2.45, 2.75) is 25.7 Å². The normalized spacial score (nSPS) is 24.0. The second-order valence-corrected chi connectivity index (χ2v) is 1.91. The van der Waals surface area contributed by atoms with Crippen LogP contribution < -0.4 is 5.32 Å². The maximum Gasteiger partial charge on any atom is 0.0586 e. The van der Waals surface area contributed by atoms with Crippen LogP contribution in [0.15, 0.2) is 0 Å². The van der Waals surface area contributed by atoms with Gasteiger partial charge in [-0.3, -0.25) is 0 Å². The molecule has 0 bridgehead atoms. The molecule has 1 rings (SSSR count). The minimum absolute atomic E-state index is 1.14. The first-order chi connectivity index (χ1) is 3.50. The fourth-order valence-electron chi connectivity index (χ4n) is 0.780. The molecular weight excluding hydrogens is 86.1 g/mol. The molecule has 0 amide bonds. The Labute approximate surface area is 45.1 Å². The van der Waals surface area contributed by atoms with Crippen molar-refractivity contribution < 1.29 is 0 Å². The van der Waals surface area contributed by atoms with E-state index in [4.69, 9.17) is 0 Å². The van der Waals surface area contributed by atoms with Gasteiger partial charge in [-0.05, 0) is 19.4 Å². The van der Waals surface area contributed by atoms with Gasteiger partial charge in [0, 0.05) is 0 Å². The standard InChI is InChI=1S/C6H11N/c1-2-4-6-7-5-3-1/h7H,1-5H2. The molecule has 0 aromatic heterocycles. The Bertz CT molecular complexity index is 23.8. The van der Waals surface area contributed by atoms with E-state index in [2.05, 4.69) is 11.9 Å². The van der Waals surface area contributed by atoms with E-state index in [1.54, 1.807) is 0 Å². The van der Waals surface area contributed by atoms with Crippen LogP contribution in [0.25, 0.3) is 0 Å². The zero-order valence-electron chi connectivity index (χ0n) is 4.54. The first kappa shape index (κ1) is 5.10. The van der Waals surface area contributed by atoms with Crippen LogP contribution in [0.2, 0.25) is 0 Å². The Morgan fingerprint density at radius 3 is 3.14 bits per heavy atom. The van der Waals surface area contributed by atoms with Crippen molar-refractivity contribution in [3.8, 4) is 0 Å². The average Bonchev–Trinajstić information content (AvgIpc) is 1.90. The second kappa shape index (κ2) is 3.03. The summed E-state index contributed by atoms with van der Waals surface area (Å²) in [7, 11) is 0. The smallest absolute Gasteiger partial charge is 0.0586 e. The molecule has 1 heteroatoms. The highest BCUT2D eigenvalue weighted by Gasteiger charge is 1.95. The summed E-state index contributed by atoms with van der Waals surface area (Å²) in [4.78, 5) is 0. The van der Waals surface area contributed by atoms with Crippen molar-refractivity contribution in [3.05, 3.63) is 6.54 Å². The quantitative estimate of drug-likeness (QED) is 0.478. The van der Waals surface area contributed by atoms with Crippen molar-refractivity contribution in [2.24, 2.45) is 0 Å². The van der Waals surface area contributed by atoms with E-state index in [1.807, 2.05) is 0 Å². The van der Waals surface area contributed by atoms with Gasteiger partial charge in [-0.1, -0.05) is 12.8 Å². The highest BCUT2D eigenvalue weighted by atomic mass is 14.8. The summed E-state index contributed by atoms with van der Waals surface area (Å²) in [6.45, 7) is 4.24. The van der Waals surface area contributed by atoms with Gasteiger partial charge >= 0.3 is 0 Å². The summed E-state index contributed by atoms with van der Waals surface area (Å²) in [5.74, 6) is 0. The number of hydrogen-bond donors (Lipinski definition) is 1. The summed E-state index contributed by atoms with van der Waals surface area (Å²) >= 11 is 0. The summed E-state index contributed by atoms with van der Waals surface area (Å²) < 4.78 is 0. The Morgan fingerprint density at radius 1 is 1.14 bits per heavy atom. The minimum atomic E-state index is 1.14. The zero-order valence-corrected chi connectivity index (χ0v) is 4.54. The Kier molecular flexibility index (Phi) is 2.21. The SMILES string of the molecule is [C]1CCCCCN1. The Balaban J connectivity index is 2.04. The van der Waals surface area contributed by atoms with Gasteiger partial charge in [-0.15, -0.1) is 0 Å². The molecule has 0 spiro atoms. The highest BCUT2D eigenvalue weighted by molar-refractivity contribution is 4.65. The van der Waals surface area contributed by atoms with E-state index >= 15 is 0 Å². The van der Waals surface area contributed by atoms with Crippen LogP contribution in [-0.4, -0.2) is 6.54 Å². The summed E-state index contributed by atoms with van der Waals surface area (Å²) in [6, 6.07) is 0. The lowest BCUT2D eigenvalue weighted by atomic mass is 10.2. The summed E-state index contributed by atoms with van der Waals surface area (Å²) in [5, 5.41) is 3.10. The van der Waals surface area contributed by atoms with Gasteiger partial charge in [0.2, 0.25) is 0 Å². The predicted molar refractivity (Wildman–Crippen MR) is 29.7 cm³/mol. The molecule has 0 aromatic rings. The second-order valence-electron chi connectivity index (χ2n) is 1.91. The van der Waals surface area contributed by atoms with Crippen LogP contribution in [0, 0.1) is 6.54 Å². The number of nitrogens with one attached hydrogen (secondary N) is 1. The fraction of sp³-hybridized carbons (Fsp3) is 0.833.